The summed E-state index contributed by atoms with van der Waals surface area (Å²) < 4.78 is 0. The molecule has 1 aromatic rings. The summed E-state index contributed by atoms with van der Waals surface area (Å²) >= 11 is 3.53. The van der Waals surface area contributed by atoms with Crippen LogP contribution in [-0.4, -0.2) is 6.26 Å². The number of hydrogen-bond acceptors (Lipinski definition) is 1. The third kappa shape index (κ3) is 2.92. The van der Waals surface area contributed by atoms with Crippen LogP contribution in [0.1, 0.15) is 11.1 Å². The van der Waals surface area contributed by atoms with E-state index < -0.39 is 0 Å². The lowest BCUT2D eigenvalue weighted by atomic mass is 10.1. The summed E-state index contributed by atoms with van der Waals surface area (Å²) in [6.45, 7) is 4.24. The van der Waals surface area contributed by atoms with E-state index in [0.29, 0.717) is 0 Å². The van der Waals surface area contributed by atoms with Crippen molar-refractivity contribution in [2.45, 2.75) is 13.8 Å². The first kappa shape index (κ1) is 9.57. The Morgan fingerprint density at radius 1 is 0.900 bits per heavy atom. The molecule has 0 radical (unpaired) electrons. The number of aryl methyl sites for hydroxylation is 2. The van der Waals surface area contributed by atoms with Gasteiger partial charge in [0, 0.05) is 0 Å². The lowest BCUT2D eigenvalue weighted by molar-refractivity contribution is 1.34. The minimum absolute atomic E-state index is 1.37. The molecule has 0 unspecified atom stereocenters. The molecule has 0 aliphatic rings. The van der Waals surface area contributed by atoms with E-state index in [0.717, 1.165) is 0 Å². The lowest BCUT2D eigenvalue weighted by Crippen LogP contribution is -1.74. The van der Waals surface area contributed by atoms with Crippen LogP contribution in [-0.2, 0) is 0 Å². The summed E-state index contributed by atoms with van der Waals surface area (Å²) in [5, 5.41) is 0. The van der Waals surface area contributed by atoms with Crippen LogP contribution in [0.25, 0.3) is 0 Å². The van der Waals surface area contributed by atoms with E-state index in [1.807, 2.05) is 0 Å². The van der Waals surface area contributed by atoms with Crippen molar-refractivity contribution in [1.82, 2.24) is 0 Å². The Bertz CT molecular complexity index is 161. The third-order valence-corrected chi connectivity index (χ3v) is 1.43. The molecule has 0 saturated carbocycles. The molecule has 0 nitrogen and oxygen atoms in total. The van der Waals surface area contributed by atoms with Crippen molar-refractivity contribution in [3.8, 4) is 0 Å². The fourth-order valence-corrected chi connectivity index (χ4v) is 0.663. The van der Waals surface area contributed by atoms with Gasteiger partial charge in [0.15, 0.2) is 0 Å². The predicted octanol–water partition coefficient (Wildman–Crippen LogP) is 2.85. The molecule has 0 N–H and O–H groups in total. The Morgan fingerprint density at radius 3 is 1.40 bits per heavy atom. The Kier molecular flexibility index (Phi) is 5.13. The van der Waals surface area contributed by atoms with Gasteiger partial charge in [-0.1, -0.05) is 24.3 Å². The lowest BCUT2D eigenvalue weighted by Gasteiger charge is -1.93. The van der Waals surface area contributed by atoms with Gasteiger partial charge < -0.3 is 0 Å². The van der Waals surface area contributed by atoms with Crippen molar-refractivity contribution in [2.24, 2.45) is 0 Å². The topological polar surface area (TPSA) is 0 Å². The van der Waals surface area contributed by atoms with E-state index in [-0.39, 0.29) is 0 Å². The van der Waals surface area contributed by atoms with Gasteiger partial charge >= 0.3 is 0 Å². The molecule has 1 rings (SSSR count). The van der Waals surface area contributed by atoms with Crippen LogP contribution in [0.4, 0.5) is 0 Å². The van der Waals surface area contributed by atoms with Gasteiger partial charge in [0.25, 0.3) is 0 Å². The number of hydrogen-bond donors (Lipinski definition) is 1. The van der Waals surface area contributed by atoms with Gasteiger partial charge in [-0.15, -0.1) is 0 Å². The van der Waals surface area contributed by atoms with Gasteiger partial charge in [0.05, 0.1) is 0 Å². The van der Waals surface area contributed by atoms with Crippen molar-refractivity contribution in [3.63, 3.8) is 0 Å². The van der Waals surface area contributed by atoms with Crippen LogP contribution in [0.2, 0.25) is 0 Å². The first-order chi connectivity index (χ1) is 4.80. The standard InChI is InChI=1S/C8H10.CH4S/c1-7-5-3-4-6-8(7)2;1-2/h3-6H,1-2H3;2H,1H3. The fraction of sp³-hybridized carbons (Fsp3) is 0.333. The molecule has 0 bridgehead atoms. The highest BCUT2D eigenvalue weighted by Gasteiger charge is 1.83. The van der Waals surface area contributed by atoms with Crippen molar-refractivity contribution in [3.05, 3.63) is 35.4 Å². The van der Waals surface area contributed by atoms with E-state index in [4.69, 9.17) is 0 Å². The maximum atomic E-state index is 3.53. The second kappa shape index (κ2) is 5.36. The quantitative estimate of drug-likeness (QED) is 0.546. The SMILES string of the molecule is CS.Cc1ccccc1C. The van der Waals surface area contributed by atoms with Gasteiger partial charge in [0.2, 0.25) is 0 Å². The highest BCUT2D eigenvalue weighted by atomic mass is 32.1. The molecule has 10 heavy (non-hydrogen) atoms. The molecule has 0 atom stereocenters. The van der Waals surface area contributed by atoms with Crippen molar-refractivity contribution in [1.29, 1.82) is 0 Å². The maximum absolute atomic E-state index is 3.53. The molecular formula is C9H14S. The highest BCUT2D eigenvalue weighted by Crippen LogP contribution is 2.02. The fourth-order valence-electron chi connectivity index (χ4n) is 0.663. The average molecular weight is 154 g/mol. The summed E-state index contributed by atoms with van der Waals surface area (Å²) in [7, 11) is 0. The zero-order chi connectivity index (χ0) is 7.98. The molecule has 0 spiro atoms. The molecular weight excluding hydrogens is 140 g/mol. The van der Waals surface area contributed by atoms with Crippen molar-refractivity contribution >= 4 is 12.6 Å². The predicted molar refractivity (Wildman–Crippen MR) is 50.8 cm³/mol. The van der Waals surface area contributed by atoms with E-state index in [1.54, 1.807) is 6.26 Å². The summed E-state index contributed by atoms with van der Waals surface area (Å²) in [5.41, 5.74) is 2.74. The van der Waals surface area contributed by atoms with Gasteiger partial charge in [-0.3, -0.25) is 0 Å². The number of benzene rings is 1. The van der Waals surface area contributed by atoms with E-state index >= 15 is 0 Å². The second-order valence-corrected chi connectivity index (χ2v) is 2.08. The Balaban J connectivity index is 0.000000371. The summed E-state index contributed by atoms with van der Waals surface area (Å²) in [4.78, 5) is 0. The average Bonchev–Trinajstić information content (AvgIpc) is 2.00. The number of rotatable bonds is 0. The molecule has 0 saturated heterocycles. The first-order valence-electron chi connectivity index (χ1n) is 3.27. The summed E-state index contributed by atoms with van der Waals surface area (Å²) in [6, 6.07) is 8.36. The van der Waals surface area contributed by atoms with Crippen LogP contribution < -0.4 is 0 Å². The second-order valence-electron chi connectivity index (χ2n) is 2.08. The van der Waals surface area contributed by atoms with Gasteiger partial charge in [-0.05, 0) is 31.2 Å². The zero-order valence-corrected chi connectivity index (χ0v) is 7.65. The maximum Gasteiger partial charge on any atom is -0.0215 e. The monoisotopic (exact) mass is 154 g/mol. The highest BCUT2D eigenvalue weighted by molar-refractivity contribution is 7.79. The van der Waals surface area contributed by atoms with Crippen molar-refractivity contribution in [2.75, 3.05) is 6.26 Å². The van der Waals surface area contributed by atoms with E-state index in [2.05, 4.69) is 50.7 Å². The Hall–Kier alpha value is -0.430. The minimum atomic E-state index is 1.37. The molecule has 0 aliphatic heterocycles. The van der Waals surface area contributed by atoms with Crippen LogP contribution in [0.5, 0.6) is 0 Å². The molecule has 56 valence electrons. The normalized spacial score (nSPS) is 8.00. The molecule has 0 fully saturated rings. The first-order valence-corrected chi connectivity index (χ1v) is 4.17. The zero-order valence-electron chi connectivity index (χ0n) is 6.76. The van der Waals surface area contributed by atoms with E-state index in [9.17, 15) is 0 Å². The largest absolute Gasteiger partial charge is 0.183 e. The van der Waals surface area contributed by atoms with Gasteiger partial charge in [-0.25, -0.2) is 0 Å². The van der Waals surface area contributed by atoms with Crippen LogP contribution in [0.3, 0.4) is 0 Å². The smallest absolute Gasteiger partial charge is 0.0215 e. The summed E-state index contributed by atoms with van der Waals surface area (Å²) in [5.74, 6) is 0. The minimum Gasteiger partial charge on any atom is -0.183 e. The van der Waals surface area contributed by atoms with Crippen LogP contribution in [0.15, 0.2) is 24.3 Å². The van der Waals surface area contributed by atoms with Crippen molar-refractivity contribution < 1.29 is 0 Å². The molecule has 0 heterocycles. The van der Waals surface area contributed by atoms with Gasteiger partial charge in [-0.2, -0.15) is 12.6 Å². The van der Waals surface area contributed by atoms with E-state index in [1.165, 1.54) is 11.1 Å². The molecule has 0 aliphatic carbocycles. The van der Waals surface area contributed by atoms with Crippen LogP contribution >= 0.6 is 12.6 Å². The van der Waals surface area contributed by atoms with Crippen LogP contribution in [0, 0.1) is 13.8 Å². The molecule has 1 heteroatoms. The van der Waals surface area contributed by atoms with Gasteiger partial charge in [0.1, 0.15) is 0 Å². The third-order valence-electron chi connectivity index (χ3n) is 1.43. The Morgan fingerprint density at radius 2 is 1.20 bits per heavy atom. The molecule has 0 aromatic heterocycles. The molecule has 0 amide bonds. The molecule has 1 aromatic carbocycles. The Labute approximate surface area is 68.7 Å². The summed E-state index contributed by atoms with van der Waals surface area (Å²) in [6.07, 6.45) is 1.69. The number of thiol groups is 1.